The number of aromatic nitrogens is 4. The van der Waals surface area contributed by atoms with Crippen molar-refractivity contribution in [1.82, 2.24) is 19.9 Å². The quantitative estimate of drug-likeness (QED) is 0.0275. The van der Waals surface area contributed by atoms with Gasteiger partial charge in [-0.15, -0.1) is 0 Å². The van der Waals surface area contributed by atoms with E-state index >= 15 is 0 Å². The average molecular weight is 1220 g/mol. The normalized spacial score (nSPS) is 11.5. The first-order chi connectivity index (χ1) is 44.6. The number of fused-ring (bicyclic) bond motifs is 2. The van der Waals surface area contributed by atoms with E-state index in [-0.39, 0.29) is 0 Å². The second-order valence-corrected chi connectivity index (χ2v) is 25.9. The van der Waals surface area contributed by atoms with Gasteiger partial charge in [0.2, 0.25) is 0 Å². The fraction of sp³-hybridized carbons (Fsp3) is 0.585. The van der Waals surface area contributed by atoms with Crippen molar-refractivity contribution in [3.8, 4) is 68.0 Å². The first-order valence-corrected chi connectivity index (χ1v) is 37.0. The summed E-state index contributed by atoms with van der Waals surface area (Å²) < 4.78 is 25.2. The van der Waals surface area contributed by atoms with Crippen LogP contribution in [0.5, 0.6) is 23.0 Å². The Morgan fingerprint density at radius 2 is 0.356 bits per heavy atom. The van der Waals surface area contributed by atoms with Crippen molar-refractivity contribution >= 4 is 22.1 Å². The Kier molecular flexibility index (Phi) is 35.3. The van der Waals surface area contributed by atoms with Crippen LogP contribution in [-0.2, 0) is 0 Å². The molecule has 8 heteroatoms. The van der Waals surface area contributed by atoms with Crippen LogP contribution in [0.2, 0.25) is 0 Å². The summed E-state index contributed by atoms with van der Waals surface area (Å²) in [6.45, 7) is 12.0. The van der Waals surface area contributed by atoms with E-state index in [1.165, 1.54) is 231 Å². The summed E-state index contributed by atoms with van der Waals surface area (Å²) >= 11 is 0. The molecule has 7 rings (SSSR count). The number of rotatable bonds is 52. The lowest BCUT2D eigenvalue weighted by atomic mass is 10.0. The Morgan fingerprint density at radius 3 is 0.522 bits per heavy atom. The number of benzene rings is 5. The van der Waals surface area contributed by atoms with Crippen LogP contribution < -0.4 is 18.9 Å². The highest BCUT2D eigenvalue weighted by molar-refractivity contribution is 5.96. The Hall–Kier alpha value is -6.02. The molecule has 0 radical (unpaired) electrons. The average Bonchev–Trinajstić information content (AvgIpc) is 0.833. The summed E-state index contributed by atoms with van der Waals surface area (Å²) in [4.78, 5) is 21.9. The molecule has 0 saturated carbocycles. The molecule has 2 heterocycles. The highest BCUT2D eigenvalue weighted by atomic mass is 16.5. The molecule has 0 amide bonds. The van der Waals surface area contributed by atoms with Gasteiger partial charge in [-0.25, -0.2) is 19.9 Å². The summed E-state index contributed by atoms with van der Waals surface area (Å²) in [6, 6.07) is 37.8. The molecule has 0 fully saturated rings. The van der Waals surface area contributed by atoms with Crippen LogP contribution in [0.1, 0.15) is 285 Å². The van der Waals surface area contributed by atoms with Crippen LogP contribution in [0.15, 0.2) is 109 Å². The molecule has 90 heavy (non-hydrogen) atoms. The van der Waals surface area contributed by atoms with E-state index in [9.17, 15) is 0 Å². The molecule has 0 spiro atoms. The predicted molar refractivity (Wildman–Crippen MR) is 384 cm³/mol. The number of nitrogens with zero attached hydrogens (tertiary/aromatic N) is 4. The van der Waals surface area contributed by atoms with Gasteiger partial charge in [0.25, 0.3) is 0 Å². The summed E-state index contributed by atoms with van der Waals surface area (Å²) in [5.41, 5.74) is 10.1. The molecule has 490 valence electrons. The maximum absolute atomic E-state index is 6.31. The number of hydrogen-bond donors (Lipinski definition) is 0. The van der Waals surface area contributed by atoms with Crippen molar-refractivity contribution < 1.29 is 18.9 Å². The van der Waals surface area contributed by atoms with Gasteiger partial charge in [-0.05, 0) is 135 Å². The molecule has 8 nitrogen and oxygen atoms in total. The molecule has 0 aliphatic heterocycles. The minimum absolute atomic E-state index is 0.721. The molecule has 0 aliphatic carbocycles. The van der Waals surface area contributed by atoms with Crippen LogP contribution in [0.4, 0.5) is 0 Å². The fourth-order valence-electron chi connectivity index (χ4n) is 12.4. The largest absolute Gasteiger partial charge is 0.494 e. The van der Waals surface area contributed by atoms with Gasteiger partial charge < -0.3 is 18.9 Å². The van der Waals surface area contributed by atoms with Crippen LogP contribution in [0.25, 0.3) is 67.1 Å². The summed E-state index contributed by atoms with van der Waals surface area (Å²) in [6.07, 6.45) is 52.1. The molecule has 0 saturated heterocycles. The first kappa shape index (κ1) is 71.4. The third kappa shape index (κ3) is 26.7. The summed E-state index contributed by atoms with van der Waals surface area (Å²) in [5.74, 6) is 3.50. The predicted octanol–water partition coefficient (Wildman–Crippen LogP) is 25.4. The zero-order valence-electron chi connectivity index (χ0n) is 56.9. The van der Waals surface area contributed by atoms with Crippen molar-refractivity contribution in [2.24, 2.45) is 0 Å². The Balaban J connectivity index is 1.09. The van der Waals surface area contributed by atoms with E-state index in [2.05, 4.69) is 137 Å². The zero-order chi connectivity index (χ0) is 62.7. The van der Waals surface area contributed by atoms with Gasteiger partial charge >= 0.3 is 0 Å². The number of ether oxygens (including phenoxy) is 4. The molecule has 2 aromatic heterocycles. The van der Waals surface area contributed by atoms with Crippen LogP contribution in [-0.4, -0.2) is 46.4 Å². The minimum Gasteiger partial charge on any atom is -0.494 e. The maximum atomic E-state index is 6.31. The molecule has 7 aromatic rings. The van der Waals surface area contributed by atoms with E-state index in [4.69, 9.17) is 38.9 Å². The molecule has 0 bridgehead atoms. The zero-order valence-corrected chi connectivity index (χ0v) is 56.9. The lowest BCUT2D eigenvalue weighted by Crippen LogP contribution is -2.00. The van der Waals surface area contributed by atoms with Crippen molar-refractivity contribution in [2.75, 3.05) is 26.4 Å². The van der Waals surface area contributed by atoms with E-state index in [0.29, 0.717) is 0 Å². The Labute approximate surface area is 546 Å². The van der Waals surface area contributed by atoms with Gasteiger partial charge in [-0.2, -0.15) is 0 Å². The van der Waals surface area contributed by atoms with Crippen molar-refractivity contribution in [2.45, 2.75) is 285 Å². The molecule has 0 aliphatic rings. The minimum atomic E-state index is 0.721. The Morgan fingerprint density at radius 1 is 0.200 bits per heavy atom. The molecular formula is C82H118N4O4. The topological polar surface area (TPSA) is 88.5 Å². The smallest absolute Gasteiger partial charge is 0.119 e. The molecule has 0 unspecified atom stereocenters. The summed E-state index contributed by atoms with van der Waals surface area (Å²) in [5, 5.41) is 0. The third-order valence-electron chi connectivity index (χ3n) is 18.0. The summed E-state index contributed by atoms with van der Waals surface area (Å²) in [7, 11) is 0. The van der Waals surface area contributed by atoms with Gasteiger partial charge in [-0.3, -0.25) is 0 Å². The lowest BCUT2D eigenvalue weighted by Gasteiger charge is -2.15. The SMILES string of the molecule is CCCCCCCCCCCCOc1ccc(-c2nc3cc4nc(-c5ccc(OCCCCCCCCCCCC)cc5)c(-c5ccc(OCCCCCCCCCCCC)cc5)nc4cc3nc2-c2ccc(OCCCCCCCCCCCC)cc2)cc1. The highest BCUT2D eigenvalue weighted by Crippen LogP contribution is 2.37. The van der Waals surface area contributed by atoms with Crippen molar-refractivity contribution in [3.05, 3.63) is 109 Å². The van der Waals surface area contributed by atoms with E-state index in [1.54, 1.807) is 0 Å². The monoisotopic (exact) mass is 1220 g/mol. The molecule has 5 aromatic carbocycles. The van der Waals surface area contributed by atoms with Crippen LogP contribution in [0.3, 0.4) is 0 Å². The fourth-order valence-corrected chi connectivity index (χ4v) is 12.4. The van der Waals surface area contributed by atoms with Crippen LogP contribution in [0, 0.1) is 0 Å². The van der Waals surface area contributed by atoms with Gasteiger partial charge in [0.1, 0.15) is 23.0 Å². The second-order valence-electron chi connectivity index (χ2n) is 25.9. The highest BCUT2D eigenvalue weighted by Gasteiger charge is 2.19. The van der Waals surface area contributed by atoms with E-state index in [0.717, 1.165) is 142 Å². The van der Waals surface area contributed by atoms with Crippen LogP contribution >= 0.6 is 0 Å². The Bertz CT molecular complexity index is 2560. The second kappa shape index (κ2) is 44.5. The van der Waals surface area contributed by atoms with Gasteiger partial charge in [-0.1, -0.05) is 259 Å². The van der Waals surface area contributed by atoms with Gasteiger partial charge in [0.15, 0.2) is 0 Å². The molecular weight excluding hydrogens is 1100 g/mol. The maximum Gasteiger partial charge on any atom is 0.119 e. The molecule has 0 N–H and O–H groups in total. The number of unbranched alkanes of at least 4 members (excludes halogenated alkanes) is 36. The number of hydrogen-bond acceptors (Lipinski definition) is 8. The van der Waals surface area contributed by atoms with Gasteiger partial charge in [0.05, 0.1) is 71.3 Å². The van der Waals surface area contributed by atoms with Crippen molar-refractivity contribution in [1.29, 1.82) is 0 Å². The lowest BCUT2D eigenvalue weighted by molar-refractivity contribution is 0.304. The first-order valence-electron chi connectivity index (χ1n) is 37.0. The standard InChI is InChI=1S/C82H118N4O4/c1-5-9-13-17-21-25-29-33-37-41-61-87-71-53-45-67(46-54-71)79-80(68-47-55-72(56-48-68)88-62-42-38-34-30-26-22-18-14-10-6-2)84-76-66-78-77(65-75(76)83-79)85-81(69-49-57-73(58-50-69)89-63-43-39-35-31-27-23-19-15-11-7-3)82(86-78)70-51-59-74(60-52-70)90-64-44-40-36-32-28-24-20-16-12-8-4/h45-60,65-66H,5-44,61-64H2,1-4H3. The third-order valence-corrected chi connectivity index (χ3v) is 18.0. The molecule has 0 atom stereocenters. The van der Waals surface area contributed by atoms with E-state index < -0.39 is 0 Å². The van der Waals surface area contributed by atoms with Gasteiger partial charge in [0, 0.05) is 22.3 Å². The van der Waals surface area contributed by atoms with Crippen molar-refractivity contribution in [3.63, 3.8) is 0 Å². The van der Waals surface area contributed by atoms with E-state index in [1.807, 2.05) is 0 Å².